The first-order valence-corrected chi connectivity index (χ1v) is 3.17. The predicted octanol–water partition coefficient (Wildman–Crippen LogP) is 1.79. The third-order valence-electron chi connectivity index (χ3n) is 1.37. The van der Waals surface area contributed by atoms with Crippen LogP contribution in [0.15, 0.2) is 12.1 Å². The minimum Gasteiger partial charge on any atom is -0.494 e. The number of hydrogen-bond acceptors (Lipinski definition) is 2. The van der Waals surface area contributed by atoms with Crippen LogP contribution >= 0.6 is 0 Å². The molecule has 0 aliphatic carbocycles. The van der Waals surface area contributed by atoms with E-state index in [-0.39, 0.29) is 11.3 Å². The summed E-state index contributed by atoms with van der Waals surface area (Å²) in [7, 11) is 1.20. The molecule has 0 atom stereocenters. The predicted molar refractivity (Wildman–Crippen MR) is 38.3 cm³/mol. The van der Waals surface area contributed by atoms with E-state index in [9.17, 15) is 13.6 Å². The highest BCUT2D eigenvalue weighted by Gasteiger charge is 2.10. The SMILES string of the molecule is COc1cc(C=O)cc(F)c1F. The fraction of sp³-hybridized carbons (Fsp3) is 0.125. The lowest BCUT2D eigenvalue weighted by molar-refractivity contribution is 0.112. The summed E-state index contributed by atoms with van der Waals surface area (Å²) in [4.78, 5) is 10.2. The fourth-order valence-corrected chi connectivity index (χ4v) is 0.800. The van der Waals surface area contributed by atoms with E-state index in [1.54, 1.807) is 0 Å². The lowest BCUT2D eigenvalue weighted by atomic mass is 10.2. The molecule has 0 aromatic heterocycles. The lowest BCUT2D eigenvalue weighted by Crippen LogP contribution is -1.94. The van der Waals surface area contributed by atoms with Crippen molar-refractivity contribution in [2.45, 2.75) is 0 Å². The number of rotatable bonds is 2. The molecule has 1 rings (SSSR count). The van der Waals surface area contributed by atoms with E-state index in [2.05, 4.69) is 4.74 Å². The van der Waals surface area contributed by atoms with Gasteiger partial charge in [-0.3, -0.25) is 4.79 Å². The standard InChI is InChI=1S/C8H6F2O2/c1-12-7-3-5(4-11)2-6(9)8(7)10/h2-4H,1H3. The van der Waals surface area contributed by atoms with E-state index < -0.39 is 11.6 Å². The molecule has 4 heteroatoms. The highest BCUT2D eigenvalue weighted by molar-refractivity contribution is 5.75. The van der Waals surface area contributed by atoms with Crippen molar-refractivity contribution < 1.29 is 18.3 Å². The molecule has 0 saturated carbocycles. The van der Waals surface area contributed by atoms with Crippen molar-refractivity contribution in [3.63, 3.8) is 0 Å². The smallest absolute Gasteiger partial charge is 0.200 e. The molecule has 0 saturated heterocycles. The van der Waals surface area contributed by atoms with Gasteiger partial charge in [-0.15, -0.1) is 0 Å². The maximum Gasteiger partial charge on any atom is 0.200 e. The fourth-order valence-electron chi connectivity index (χ4n) is 0.800. The summed E-state index contributed by atoms with van der Waals surface area (Å²) in [6, 6.07) is 1.94. The van der Waals surface area contributed by atoms with E-state index >= 15 is 0 Å². The monoisotopic (exact) mass is 172 g/mol. The molecule has 0 amide bonds. The van der Waals surface area contributed by atoms with Crippen LogP contribution in [0, 0.1) is 11.6 Å². The van der Waals surface area contributed by atoms with Crippen LogP contribution in [0.25, 0.3) is 0 Å². The van der Waals surface area contributed by atoms with E-state index in [0.717, 1.165) is 12.1 Å². The summed E-state index contributed by atoms with van der Waals surface area (Å²) >= 11 is 0. The van der Waals surface area contributed by atoms with Crippen LogP contribution in [0.5, 0.6) is 5.75 Å². The van der Waals surface area contributed by atoms with E-state index in [0.29, 0.717) is 6.29 Å². The van der Waals surface area contributed by atoms with Crippen molar-refractivity contribution in [3.05, 3.63) is 29.3 Å². The average molecular weight is 172 g/mol. The molecule has 64 valence electrons. The van der Waals surface area contributed by atoms with Gasteiger partial charge in [-0.2, -0.15) is 4.39 Å². The van der Waals surface area contributed by atoms with Gasteiger partial charge < -0.3 is 4.74 Å². The Kier molecular flexibility index (Phi) is 2.38. The minimum atomic E-state index is -1.09. The molecule has 0 aliphatic rings. The zero-order chi connectivity index (χ0) is 9.14. The Morgan fingerprint density at radius 1 is 1.42 bits per heavy atom. The van der Waals surface area contributed by atoms with Gasteiger partial charge in [0.1, 0.15) is 6.29 Å². The Morgan fingerprint density at radius 3 is 2.58 bits per heavy atom. The van der Waals surface area contributed by atoms with Gasteiger partial charge >= 0.3 is 0 Å². The van der Waals surface area contributed by atoms with Crippen LogP contribution < -0.4 is 4.74 Å². The first-order valence-electron chi connectivity index (χ1n) is 3.17. The number of carbonyl (C=O) groups is 1. The highest BCUT2D eigenvalue weighted by Crippen LogP contribution is 2.20. The molecule has 0 aliphatic heterocycles. The number of methoxy groups -OCH3 is 1. The minimum absolute atomic E-state index is 0.0470. The van der Waals surface area contributed by atoms with E-state index in [4.69, 9.17) is 0 Å². The Hall–Kier alpha value is -1.45. The van der Waals surface area contributed by atoms with Crippen LogP contribution in [0.2, 0.25) is 0 Å². The molecular formula is C8H6F2O2. The van der Waals surface area contributed by atoms with E-state index in [1.165, 1.54) is 7.11 Å². The molecule has 1 aromatic rings. The summed E-state index contributed by atoms with van der Waals surface area (Å²) in [6.45, 7) is 0. The Morgan fingerprint density at radius 2 is 2.08 bits per heavy atom. The highest BCUT2D eigenvalue weighted by atomic mass is 19.2. The van der Waals surface area contributed by atoms with Crippen LogP contribution in [0.3, 0.4) is 0 Å². The normalized spacial score (nSPS) is 9.58. The Balaban J connectivity index is 3.28. The molecule has 0 unspecified atom stereocenters. The van der Waals surface area contributed by atoms with Crippen molar-refractivity contribution in [2.75, 3.05) is 7.11 Å². The van der Waals surface area contributed by atoms with Crippen molar-refractivity contribution in [2.24, 2.45) is 0 Å². The van der Waals surface area contributed by atoms with Gasteiger partial charge in [0, 0.05) is 5.56 Å². The number of carbonyl (C=O) groups excluding carboxylic acids is 1. The number of benzene rings is 1. The van der Waals surface area contributed by atoms with Crippen molar-refractivity contribution in [1.82, 2.24) is 0 Å². The number of hydrogen-bond donors (Lipinski definition) is 0. The van der Waals surface area contributed by atoms with Crippen LogP contribution in [0.1, 0.15) is 10.4 Å². The van der Waals surface area contributed by atoms with Gasteiger partial charge in [0.2, 0.25) is 5.82 Å². The number of halogens is 2. The second-order valence-corrected chi connectivity index (χ2v) is 2.14. The van der Waals surface area contributed by atoms with Crippen molar-refractivity contribution in [1.29, 1.82) is 0 Å². The van der Waals surface area contributed by atoms with Crippen LogP contribution in [-0.4, -0.2) is 13.4 Å². The molecule has 0 spiro atoms. The molecule has 1 aromatic carbocycles. The van der Waals surface area contributed by atoms with Crippen LogP contribution in [0.4, 0.5) is 8.78 Å². The molecule has 0 bridgehead atoms. The maximum absolute atomic E-state index is 12.7. The van der Waals surface area contributed by atoms with Crippen molar-refractivity contribution in [3.8, 4) is 5.75 Å². The zero-order valence-corrected chi connectivity index (χ0v) is 6.30. The summed E-state index contributed by atoms with van der Waals surface area (Å²) in [5.74, 6) is -2.43. The summed E-state index contributed by atoms with van der Waals surface area (Å²) < 4.78 is 29.8. The second-order valence-electron chi connectivity index (χ2n) is 2.14. The summed E-state index contributed by atoms with van der Waals surface area (Å²) in [5.41, 5.74) is 0.0470. The Bertz CT molecular complexity index is 310. The summed E-state index contributed by atoms with van der Waals surface area (Å²) in [5, 5.41) is 0. The first kappa shape index (κ1) is 8.64. The topological polar surface area (TPSA) is 26.3 Å². The molecule has 2 nitrogen and oxygen atoms in total. The number of ether oxygens (including phenoxy) is 1. The molecule has 0 N–H and O–H groups in total. The molecule has 0 radical (unpaired) electrons. The maximum atomic E-state index is 12.7. The van der Waals surface area contributed by atoms with Gasteiger partial charge in [0.15, 0.2) is 11.6 Å². The first-order chi connectivity index (χ1) is 5.69. The van der Waals surface area contributed by atoms with Gasteiger partial charge in [0.25, 0.3) is 0 Å². The summed E-state index contributed by atoms with van der Waals surface area (Å²) in [6.07, 6.45) is 0.422. The molecule has 0 fully saturated rings. The zero-order valence-electron chi connectivity index (χ0n) is 6.30. The van der Waals surface area contributed by atoms with Gasteiger partial charge in [-0.25, -0.2) is 4.39 Å². The molecular weight excluding hydrogens is 166 g/mol. The second kappa shape index (κ2) is 3.30. The largest absolute Gasteiger partial charge is 0.494 e. The quantitative estimate of drug-likeness (QED) is 0.635. The Labute approximate surface area is 67.8 Å². The van der Waals surface area contributed by atoms with E-state index in [1.807, 2.05) is 0 Å². The van der Waals surface area contributed by atoms with Gasteiger partial charge in [0.05, 0.1) is 7.11 Å². The van der Waals surface area contributed by atoms with Crippen molar-refractivity contribution >= 4 is 6.29 Å². The number of aldehydes is 1. The van der Waals surface area contributed by atoms with Crippen LogP contribution in [-0.2, 0) is 0 Å². The van der Waals surface area contributed by atoms with Gasteiger partial charge in [-0.05, 0) is 12.1 Å². The average Bonchev–Trinajstić information content (AvgIpc) is 2.09. The molecule has 0 heterocycles. The lowest BCUT2D eigenvalue weighted by Gasteiger charge is -2.02. The third kappa shape index (κ3) is 1.42. The van der Waals surface area contributed by atoms with Gasteiger partial charge in [-0.1, -0.05) is 0 Å². The molecule has 12 heavy (non-hydrogen) atoms. The third-order valence-corrected chi connectivity index (χ3v) is 1.37.